The van der Waals surface area contributed by atoms with E-state index in [2.05, 4.69) is 54.5 Å². The summed E-state index contributed by atoms with van der Waals surface area (Å²) >= 11 is 0. The van der Waals surface area contributed by atoms with Crippen molar-refractivity contribution in [2.45, 2.75) is 106 Å². The molecule has 188 valence electrons. The fraction of sp³-hybridized carbons (Fsp3) is 0.900. The lowest BCUT2D eigenvalue weighted by molar-refractivity contribution is -0.136. The van der Waals surface area contributed by atoms with E-state index in [1.165, 1.54) is 18.4 Å². The molecule has 0 saturated heterocycles. The van der Waals surface area contributed by atoms with Crippen molar-refractivity contribution in [1.29, 1.82) is 0 Å². The Labute approximate surface area is 202 Å². The molecule has 0 radical (unpaired) electrons. The van der Waals surface area contributed by atoms with Gasteiger partial charge < -0.3 is 10.2 Å². The molecule has 0 aromatic rings. The molecule has 0 aromatic heterocycles. The van der Waals surface area contributed by atoms with Crippen LogP contribution in [0.2, 0.25) is 0 Å². The Bertz CT molecular complexity index is 785. The van der Waals surface area contributed by atoms with Crippen molar-refractivity contribution in [3.05, 3.63) is 11.6 Å². The molecule has 10 atom stereocenters. The second kappa shape index (κ2) is 8.77. The van der Waals surface area contributed by atoms with E-state index < -0.39 is 0 Å². The Morgan fingerprint density at radius 1 is 1.06 bits per heavy atom. The van der Waals surface area contributed by atoms with Gasteiger partial charge >= 0.3 is 0 Å². The molecule has 0 aliphatic heterocycles. The molecule has 3 nitrogen and oxygen atoms in total. The number of carbonyl (C=O) groups is 1. The normalized spacial score (nSPS) is 47.3. The summed E-state index contributed by atoms with van der Waals surface area (Å²) in [6, 6.07) is 0. The third-order valence-electron chi connectivity index (χ3n) is 11.9. The van der Waals surface area contributed by atoms with E-state index in [1.807, 2.05) is 0 Å². The first-order chi connectivity index (χ1) is 15.4. The highest BCUT2D eigenvalue weighted by Gasteiger charge is 2.62. The van der Waals surface area contributed by atoms with Crippen molar-refractivity contribution in [3.8, 4) is 0 Å². The summed E-state index contributed by atoms with van der Waals surface area (Å²) in [4.78, 5) is 14.0. The quantitative estimate of drug-likeness (QED) is 0.433. The molecule has 3 fully saturated rings. The molecule has 33 heavy (non-hydrogen) atoms. The molecule has 0 heterocycles. The van der Waals surface area contributed by atoms with Crippen molar-refractivity contribution >= 4 is 5.78 Å². The van der Waals surface area contributed by atoms with Gasteiger partial charge in [0.05, 0.1) is 6.10 Å². The van der Waals surface area contributed by atoms with Gasteiger partial charge in [0.25, 0.3) is 0 Å². The number of aliphatic hydroxyl groups excluding tert-OH is 2. The summed E-state index contributed by atoms with van der Waals surface area (Å²) in [5, 5.41) is 20.3. The lowest BCUT2D eigenvalue weighted by Crippen LogP contribution is -2.48. The largest absolute Gasteiger partial charge is 0.396 e. The molecule has 6 unspecified atom stereocenters. The maximum Gasteiger partial charge on any atom is 0.146 e. The number of aliphatic hydroxyl groups is 2. The second-order valence-electron chi connectivity index (χ2n) is 13.6. The lowest BCUT2D eigenvalue weighted by atomic mass is 9.55. The van der Waals surface area contributed by atoms with Crippen molar-refractivity contribution in [2.75, 3.05) is 6.61 Å². The van der Waals surface area contributed by atoms with Gasteiger partial charge in [-0.25, -0.2) is 0 Å². The van der Waals surface area contributed by atoms with Crippen LogP contribution in [-0.2, 0) is 4.79 Å². The van der Waals surface area contributed by atoms with E-state index >= 15 is 0 Å². The van der Waals surface area contributed by atoms with Crippen LogP contribution in [0.4, 0.5) is 0 Å². The molecule has 0 aromatic carbocycles. The van der Waals surface area contributed by atoms with E-state index in [9.17, 15) is 15.0 Å². The van der Waals surface area contributed by atoms with Crippen LogP contribution in [0.15, 0.2) is 11.6 Å². The molecule has 3 saturated carbocycles. The van der Waals surface area contributed by atoms with Gasteiger partial charge in [-0.05, 0) is 105 Å². The Morgan fingerprint density at radius 3 is 2.39 bits per heavy atom. The van der Waals surface area contributed by atoms with E-state index in [4.69, 9.17) is 0 Å². The Hall–Kier alpha value is -0.670. The summed E-state index contributed by atoms with van der Waals surface area (Å²) < 4.78 is 0. The summed E-state index contributed by atoms with van der Waals surface area (Å²) in [6.07, 6.45) is 9.50. The van der Waals surface area contributed by atoms with Crippen LogP contribution < -0.4 is 0 Å². The number of allylic oxidation sites excluding steroid dienone is 1. The highest BCUT2D eigenvalue weighted by Crippen LogP contribution is 2.68. The number of Topliss-reactive ketones (excluding diaryl/α,β-unsaturated/α-hetero) is 1. The predicted molar refractivity (Wildman–Crippen MR) is 135 cm³/mol. The van der Waals surface area contributed by atoms with Crippen LogP contribution in [0, 0.1) is 57.7 Å². The van der Waals surface area contributed by atoms with E-state index in [0.29, 0.717) is 41.3 Å². The average molecular weight is 459 g/mol. The van der Waals surface area contributed by atoms with Gasteiger partial charge in [0.15, 0.2) is 0 Å². The van der Waals surface area contributed by atoms with Crippen molar-refractivity contribution in [2.24, 2.45) is 57.7 Å². The third-order valence-corrected chi connectivity index (χ3v) is 11.9. The van der Waals surface area contributed by atoms with Gasteiger partial charge in [-0.15, -0.1) is 0 Å². The lowest BCUT2D eigenvalue weighted by Gasteiger charge is -2.48. The monoisotopic (exact) mass is 458 g/mol. The topological polar surface area (TPSA) is 57.5 Å². The van der Waals surface area contributed by atoms with Gasteiger partial charge in [-0.3, -0.25) is 4.79 Å². The van der Waals surface area contributed by atoms with Crippen molar-refractivity contribution < 1.29 is 15.0 Å². The van der Waals surface area contributed by atoms with Crippen molar-refractivity contribution in [1.82, 2.24) is 0 Å². The van der Waals surface area contributed by atoms with Gasteiger partial charge in [-0.2, -0.15) is 0 Å². The van der Waals surface area contributed by atoms with Gasteiger partial charge in [0.2, 0.25) is 0 Å². The Balaban J connectivity index is 1.57. The predicted octanol–water partition coefficient (Wildman–Crippen LogP) is 6.42. The van der Waals surface area contributed by atoms with E-state index in [0.717, 1.165) is 43.9 Å². The van der Waals surface area contributed by atoms with Gasteiger partial charge in [0.1, 0.15) is 5.78 Å². The molecule has 0 amide bonds. The Morgan fingerprint density at radius 2 is 1.76 bits per heavy atom. The maximum atomic E-state index is 14.0. The zero-order chi connectivity index (χ0) is 24.3. The van der Waals surface area contributed by atoms with Crippen LogP contribution in [0.25, 0.3) is 0 Å². The molecule has 4 rings (SSSR count). The third kappa shape index (κ3) is 3.98. The number of ketones is 1. The fourth-order valence-electron chi connectivity index (χ4n) is 9.12. The first-order valence-electron chi connectivity index (χ1n) is 13.9. The highest BCUT2D eigenvalue weighted by atomic mass is 16.3. The molecular formula is C30H50O3. The Kier molecular flexibility index (Phi) is 6.76. The zero-order valence-corrected chi connectivity index (χ0v) is 22.4. The summed E-state index contributed by atoms with van der Waals surface area (Å²) in [7, 11) is 0. The summed E-state index contributed by atoms with van der Waals surface area (Å²) in [5.74, 6) is 4.30. The minimum Gasteiger partial charge on any atom is -0.396 e. The van der Waals surface area contributed by atoms with Crippen LogP contribution in [0.5, 0.6) is 0 Å². The number of rotatable bonds is 7. The number of hydrogen-bond donors (Lipinski definition) is 2. The standard InChI is InChI=1S/C30H50O3/c1-18(2)20(4)30(7)17-26(30)19(3)24-10-11-25(29(24,6)14-15-31)23-9-8-21-16-22(32)12-13-28(21,5)27(23)33/h8,18-20,22-26,31-32H,9-17H2,1-7H3/t19?,20-,22+,23+,24?,25?,26?,28?,29?,30-/m1/s1. The summed E-state index contributed by atoms with van der Waals surface area (Å²) in [5.41, 5.74) is 1.27. The SMILES string of the molecule is CC(C1CCC([C@@H]2CC=C3C[C@@H](O)CCC3(C)C2=O)C1(C)CCO)C1C[C@]1(C)[C@H](C)C(C)C. The number of carbonyl (C=O) groups excluding carboxylic acids is 1. The van der Waals surface area contributed by atoms with Crippen LogP contribution >= 0.6 is 0 Å². The van der Waals surface area contributed by atoms with Crippen LogP contribution in [0.1, 0.15) is 99.8 Å². The second-order valence-corrected chi connectivity index (χ2v) is 13.6. The summed E-state index contributed by atoms with van der Waals surface area (Å²) in [6.45, 7) is 16.9. The first-order valence-corrected chi connectivity index (χ1v) is 13.9. The zero-order valence-electron chi connectivity index (χ0n) is 22.4. The molecule has 2 N–H and O–H groups in total. The number of fused-ring (bicyclic) bond motifs is 1. The molecule has 0 bridgehead atoms. The van der Waals surface area contributed by atoms with Crippen molar-refractivity contribution in [3.63, 3.8) is 0 Å². The molecule has 4 aliphatic rings. The average Bonchev–Trinajstić information content (AvgIpc) is 3.34. The van der Waals surface area contributed by atoms with Crippen LogP contribution in [0.3, 0.4) is 0 Å². The minimum absolute atomic E-state index is 0.0228. The first kappa shape index (κ1) is 25.4. The van der Waals surface area contributed by atoms with Gasteiger partial charge in [-0.1, -0.05) is 53.2 Å². The molecule has 3 heteroatoms. The van der Waals surface area contributed by atoms with Crippen LogP contribution in [-0.4, -0.2) is 28.7 Å². The highest BCUT2D eigenvalue weighted by molar-refractivity contribution is 5.91. The van der Waals surface area contributed by atoms with E-state index in [-0.39, 0.29) is 29.5 Å². The molecule has 4 aliphatic carbocycles. The number of hydrogen-bond acceptors (Lipinski definition) is 3. The molecule has 0 spiro atoms. The minimum atomic E-state index is -0.381. The maximum absolute atomic E-state index is 14.0. The fourth-order valence-corrected chi connectivity index (χ4v) is 9.12. The molecular weight excluding hydrogens is 408 g/mol. The van der Waals surface area contributed by atoms with Gasteiger partial charge in [0, 0.05) is 17.9 Å². The van der Waals surface area contributed by atoms with E-state index in [1.54, 1.807) is 0 Å². The smallest absolute Gasteiger partial charge is 0.146 e.